The fraction of sp³-hybridized carbons (Fsp3) is 0.273. The largest absolute Gasteiger partial charge is 0.480 e. The van der Waals surface area contributed by atoms with Crippen molar-refractivity contribution in [2.75, 3.05) is 0 Å². The molecule has 0 unspecified atom stereocenters. The lowest BCUT2D eigenvalue weighted by molar-refractivity contribution is -0.137. The van der Waals surface area contributed by atoms with Gasteiger partial charge in [0.25, 0.3) is 0 Å². The van der Waals surface area contributed by atoms with Gasteiger partial charge in [-0.15, -0.1) is 0 Å². The second kappa shape index (κ2) is 3.73. The van der Waals surface area contributed by atoms with E-state index in [1.54, 1.807) is 10.9 Å². The third-order valence-electron chi connectivity index (χ3n) is 2.40. The van der Waals surface area contributed by atoms with Gasteiger partial charge in [0.05, 0.1) is 17.4 Å². The van der Waals surface area contributed by atoms with Crippen LogP contribution in [0, 0.1) is 0 Å². The van der Waals surface area contributed by atoms with Crippen LogP contribution in [0.2, 0.25) is 0 Å². The van der Waals surface area contributed by atoms with Crippen LogP contribution in [-0.2, 0) is 17.8 Å². The highest BCUT2D eigenvalue weighted by atomic mass is 16.4. The molecule has 0 fully saturated rings. The van der Waals surface area contributed by atoms with E-state index in [0.29, 0.717) is 0 Å². The van der Waals surface area contributed by atoms with Crippen molar-refractivity contribution in [2.45, 2.75) is 19.9 Å². The van der Waals surface area contributed by atoms with E-state index in [2.05, 4.69) is 11.9 Å². The maximum Gasteiger partial charge on any atom is 0.323 e. The molecule has 0 aliphatic carbocycles. The van der Waals surface area contributed by atoms with Crippen molar-refractivity contribution in [3.63, 3.8) is 0 Å². The van der Waals surface area contributed by atoms with E-state index in [4.69, 9.17) is 5.11 Å². The second-order valence-corrected chi connectivity index (χ2v) is 3.44. The van der Waals surface area contributed by atoms with Crippen LogP contribution in [0.15, 0.2) is 24.5 Å². The van der Waals surface area contributed by atoms with E-state index in [0.717, 1.165) is 17.5 Å². The Bertz CT molecular complexity index is 502. The van der Waals surface area contributed by atoms with Gasteiger partial charge in [-0.25, -0.2) is 4.98 Å². The van der Waals surface area contributed by atoms with Gasteiger partial charge >= 0.3 is 5.97 Å². The SMILES string of the molecule is CCc1ccc2ncn(CC(=O)O)c2c1. The first-order chi connectivity index (χ1) is 7.20. The number of hydrogen-bond donors (Lipinski definition) is 1. The minimum atomic E-state index is -0.851. The molecule has 0 spiro atoms. The predicted molar refractivity (Wildman–Crippen MR) is 56.7 cm³/mol. The van der Waals surface area contributed by atoms with Gasteiger partial charge in [-0.2, -0.15) is 0 Å². The number of benzene rings is 1. The predicted octanol–water partition coefficient (Wildman–Crippen LogP) is 1.68. The van der Waals surface area contributed by atoms with Gasteiger partial charge in [0.2, 0.25) is 0 Å². The number of rotatable bonds is 3. The Labute approximate surface area is 87.2 Å². The van der Waals surface area contributed by atoms with Crippen LogP contribution in [-0.4, -0.2) is 20.6 Å². The Morgan fingerprint density at radius 3 is 3.00 bits per heavy atom. The minimum Gasteiger partial charge on any atom is -0.480 e. The van der Waals surface area contributed by atoms with Gasteiger partial charge in [0.1, 0.15) is 6.54 Å². The quantitative estimate of drug-likeness (QED) is 0.827. The average Bonchev–Trinajstić information content (AvgIpc) is 2.60. The molecule has 4 nitrogen and oxygen atoms in total. The number of nitrogens with zero attached hydrogens (tertiary/aromatic N) is 2. The van der Waals surface area contributed by atoms with E-state index in [9.17, 15) is 4.79 Å². The monoisotopic (exact) mass is 204 g/mol. The molecule has 2 rings (SSSR count). The summed E-state index contributed by atoms with van der Waals surface area (Å²) in [6, 6.07) is 5.93. The molecule has 1 aromatic heterocycles. The molecule has 0 saturated heterocycles. The molecule has 0 bridgehead atoms. The molecule has 0 aliphatic rings. The first kappa shape index (κ1) is 9.71. The van der Waals surface area contributed by atoms with Crippen LogP contribution in [0.5, 0.6) is 0 Å². The number of carbonyl (C=O) groups is 1. The zero-order valence-electron chi connectivity index (χ0n) is 8.47. The molecule has 0 amide bonds. The molecule has 0 radical (unpaired) electrons. The lowest BCUT2D eigenvalue weighted by Crippen LogP contribution is -2.07. The fourth-order valence-electron chi connectivity index (χ4n) is 1.59. The summed E-state index contributed by atoms with van der Waals surface area (Å²) in [5.74, 6) is -0.851. The molecule has 1 N–H and O–H groups in total. The molecule has 0 saturated carbocycles. The molecule has 0 aliphatic heterocycles. The van der Waals surface area contributed by atoms with Gasteiger partial charge in [0, 0.05) is 0 Å². The topological polar surface area (TPSA) is 55.1 Å². The van der Waals surface area contributed by atoms with Crippen molar-refractivity contribution >= 4 is 17.0 Å². The Balaban J connectivity index is 2.51. The molecule has 78 valence electrons. The van der Waals surface area contributed by atoms with Crippen molar-refractivity contribution in [3.05, 3.63) is 30.1 Å². The fourth-order valence-corrected chi connectivity index (χ4v) is 1.59. The highest BCUT2D eigenvalue weighted by Gasteiger charge is 2.05. The standard InChI is InChI=1S/C11H12N2O2/c1-2-8-3-4-9-10(5-8)13(7-12-9)6-11(14)15/h3-5,7H,2,6H2,1H3,(H,14,15). The van der Waals surface area contributed by atoms with Gasteiger partial charge in [-0.05, 0) is 24.1 Å². The average molecular weight is 204 g/mol. The Hall–Kier alpha value is -1.84. The number of imidazole rings is 1. The van der Waals surface area contributed by atoms with Gasteiger partial charge < -0.3 is 9.67 Å². The molecule has 2 aromatic rings. The van der Waals surface area contributed by atoms with Crippen molar-refractivity contribution in [1.82, 2.24) is 9.55 Å². The summed E-state index contributed by atoms with van der Waals surface area (Å²) in [6.07, 6.45) is 2.51. The Morgan fingerprint density at radius 1 is 1.53 bits per heavy atom. The highest BCUT2D eigenvalue weighted by Crippen LogP contribution is 2.15. The van der Waals surface area contributed by atoms with Crippen LogP contribution in [0.4, 0.5) is 0 Å². The van der Waals surface area contributed by atoms with Crippen molar-refractivity contribution < 1.29 is 9.90 Å². The molecular weight excluding hydrogens is 192 g/mol. The summed E-state index contributed by atoms with van der Waals surface area (Å²) in [4.78, 5) is 14.8. The summed E-state index contributed by atoms with van der Waals surface area (Å²) in [5.41, 5.74) is 2.92. The van der Waals surface area contributed by atoms with E-state index >= 15 is 0 Å². The first-order valence-corrected chi connectivity index (χ1v) is 4.86. The highest BCUT2D eigenvalue weighted by molar-refractivity contribution is 5.78. The van der Waals surface area contributed by atoms with Crippen LogP contribution in [0.1, 0.15) is 12.5 Å². The number of aromatic nitrogens is 2. The molecule has 1 heterocycles. The third-order valence-corrected chi connectivity index (χ3v) is 2.40. The smallest absolute Gasteiger partial charge is 0.323 e. The van der Waals surface area contributed by atoms with Crippen molar-refractivity contribution in [1.29, 1.82) is 0 Å². The molecule has 0 atom stereocenters. The second-order valence-electron chi connectivity index (χ2n) is 3.44. The summed E-state index contributed by atoms with van der Waals surface area (Å²) >= 11 is 0. The summed E-state index contributed by atoms with van der Waals surface area (Å²) in [7, 11) is 0. The maximum absolute atomic E-state index is 10.6. The Morgan fingerprint density at radius 2 is 2.33 bits per heavy atom. The molecular formula is C11H12N2O2. The van der Waals surface area contributed by atoms with Crippen LogP contribution < -0.4 is 0 Å². The van der Waals surface area contributed by atoms with E-state index in [1.165, 1.54) is 5.56 Å². The molecule has 4 heteroatoms. The summed E-state index contributed by atoms with van der Waals surface area (Å²) < 4.78 is 1.65. The normalized spacial score (nSPS) is 10.7. The third kappa shape index (κ3) is 1.83. The number of hydrogen-bond acceptors (Lipinski definition) is 2. The van der Waals surface area contributed by atoms with E-state index in [-0.39, 0.29) is 6.54 Å². The lowest BCUT2D eigenvalue weighted by atomic mass is 10.1. The maximum atomic E-state index is 10.6. The number of aliphatic carboxylic acids is 1. The van der Waals surface area contributed by atoms with Crippen LogP contribution in [0.3, 0.4) is 0 Å². The van der Waals surface area contributed by atoms with Crippen LogP contribution >= 0.6 is 0 Å². The van der Waals surface area contributed by atoms with Crippen molar-refractivity contribution in [3.8, 4) is 0 Å². The van der Waals surface area contributed by atoms with Crippen molar-refractivity contribution in [2.24, 2.45) is 0 Å². The molecule has 1 aromatic carbocycles. The zero-order chi connectivity index (χ0) is 10.8. The summed E-state index contributed by atoms with van der Waals surface area (Å²) in [5, 5.41) is 8.72. The van der Waals surface area contributed by atoms with Gasteiger partial charge in [-0.1, -0.05) is 13.0 Å². The summed E-state index contributed by atoms with van der Waals surface area (Å²) in [6.45, 7) is 2.03. The Kier molecular flexibility index (Phi) is 2.41. The van der Waals surface area contributed by atoms with Crippen LogP contribution in [0.25, 0.3) is 11.0 Å². The van der Waals surface area contributed by atoms with Gasteiger partial charge in [0.15, 0.2) is 0 Å². The lowest BCUT2D eigenvalue weighted by Gasteiger charge is -2.01. The van der Waals surface area contributed by atoms with E-state index in [1.807, 2.05) is 18.2 Å². The minimum absolute atomic E-state index is 0.0380. The first-order valence-electron chi connectivity index (χ1n) is 4.86. The number of carboxylic acids is 1. The van der Waals surface area contributed by atoms with Gasteiger partial charge in [-0.3, -0.25) is 4.79 Å². The number of aryl methyl sites for hydroxylation is 1. The molecule has 15 heavy (non-hydrogen) atoms. The van der Waals surface area contributed by atoms with E-state index < -0.39 is 5.97 Å². The number of carboxylic acid groups (broad SMARTS) is 1. The number of fused-ring (bicyclic) bond motifs is 1. The zero-order valence-corrected chi connectivity index (χ0v) is 8.47.